The summed E-state index contributed by atoms with van der Waals surface area (Å²) in [7, 11) is 1.56. The van der Waals surface area contributed by atoms with E-state index >= 15 is 0 Å². The van der Waals surface area contributed by atoms with Gasteiger partial charge in [-0.3, -0.25) is 14.6 Å². The van der Waals surface area contributed by atoms with Gasteiger partial charge in [0.1, 0.15) is 0 Å². The molecule has 0 bridgehead atoms. The first-order chi connectivity index (χ1) is 11.4. The summed E-state index contributed by atoms with van der Waals surface area (Å²) in [5, 5.41) is 0.806. The van der Waals surface area contributed by atoms with Crippen molar-refractivity contribution in [3.8, 4) is 0 Å². The van der Waals surface area contributed by atoms with Crippen molar-refractivity contribution >= 4 is 45.7 Å². The lowest BCUT2D eigenvalue weighted by Gasteiger charge is -2.15. The van der Waals surface area contributed by atoms with Crippen molar-refractivity contribution in [3.63, 3.8) is 0 Å². The molecule has 0 amide bonds. The fourth-order valence-corrected chi connectivity index (χ4v) is 2.54. The monoisotopic (exact) mass is 369 g/mol. The van der Waals surface area contributed by atoms with Crippen LogP contribution in [-0.4, -0.2) is 31.1 Å². The Morgan fingerprint density at radius 3 is 2.38 bits per heavy atom. The summed E-state index contributed by atoms with van der Waals surface area (Å²) in [6.07, 6.45) is 2.55. The van der Waals surface area contributed by atoms with E-state index in [1.807, 2.05) is 6.92 Å². The molecule has 0 aliphatic rings. The van der Waals surface area contributed by atoms with Gasteiger partial charge in [-0.2, -0.15) is 0 Å². The van der Waals surface area contributed by atoms with Crippen molar-refractivity contribution in [3.05, 3.63) is 40.9 Å². The van der Waals surface area contributed by atoms with Gasteiger partial charge in [0.05, 0.1) is 11.6 Å². The van der Waals surface area contributed by atoms with Crippen LogP contribution in [0.5, 0.6) is 0 Å². The third-order valence-electron chi connectivity index (χ3n) is 3.32. The summed E-state index contributed by atoms with van der Waals surface area (Å²) in [6.45, 7) is 3.84. The van der Waals surface area contributed by atoms with E-state index in [1.54, 1.807) is 38.2 Å². The standard InChI is InChI=1S/C18H21Cl2NO3/c1-4-6-15(21-3)17(18(23)24-5-2)16(22)11-14(20)12-7-9-13(19)10-8-12/h7-11,17H,4-6H2,1-3H3. The lowest BCUT2D eigenvalue weighted by Crippen LogP contribution is -2.32. The Kier molecular flexibility index (Phi) is 8.72. The second-order valence-electron chi connectivity index (χ2n) is 5.05. The molecule has 4 nitrogen and oxygen atoms in total. The van der Waals surface area contributed by atoms with Gasteiger partial charge < -0.3 is 4.74 Å². The van der Waals surface area contributed by atoms with Gasteiger partial charge >= 0.3 is 5.97 Å². The summed E-state index contributed by atoms with van der Waals surface area (Å²) < 4.78 is 5.03. The summed E-state index contributed by atoms with van der Waals surface area (Å²) in [5.41, 5.74) is 1.14. The van der Waals surface area contributed by atoms with E-state index < -0.39 is 17.7 Å². The van der Waals surface area contributed by atoms with Crippen molar-refractivity contribution in [2.75, 3.05) is 13.7 Å². The van der Waals surface area contributed by atoms with E-state index in [9.17, 15) is 9.59 Å². The lowest BCUT2D eigenvalue weighted by atomic mass is 9.94. The number of ketones is 1. The summed E-state index contributed by atoms with van der Waals surface area (Å²) in [4.78, 5) is 28.9. The minimum absolute atomic E-state index is 0.195. The van der Waals surface area contributed by atoms with Crippen LogP contribution in [-0.2, 0) is 14.3 Å². The number of rotatable bonds is 8. The van der Waals surface area contributed by atoms with Crippen molar-refractivity contribution < 1.29 is 14.3 Å². The van der Waals surface area contributed by atoms with Gasteiger partial charge in [0.15, 0.2) is 11.7 Å². The van der Waals surface area contributed by atoms with E-state index in [4.69, 9.17) is 27.9 Å². The zero-order valence-corrected chi connectivity index (χ0v) is 15.5. The highest BCUT2D eigenvalue weighted by molar-refractivity contribution is 6.50. The molecule has 24 heavy (non-hydrogen) atoms. The number of aliphatic imine (C=N–C) groups is 1. The van der Waals surface area contributed by atoms with Gasteiger partial charge in [-0.1, -0.05) is 48.7 Å². The molecule has 1 aromatic rings. The summed E-state index contributed by atoms with van der Waals surface area (Å²) in [5.74, 6) is -2.10. The maximum absolute atomic E-state index is 12.6. The first-order valence-electron chi connectivity index (χ1n) is 7.73. The van der Waals surface area contributed by atoms with E-state index in [1.165, 1.54) is 6.08 Å². The molecule has 0 saturated carbocycles. The lowest BCUT2D eigenvalue weighted by molar-refractivity contribution is -0.147. The van der Waals surface area contributed by atoms with Crippen molar-refractivity contribution in [2.45, 2.75) is 26.7 Å². The van der Waals surface area contributed by atoms with Crippen molar-refractivity contribution in [1.29, 1.82) is 0 Å². The average molecular weight is 370 g/mol. The molecule has 0 saturated heterocycles. The highest BCUT2D eigenvalue weighted by Crippen LogP contribution is 2.22. The molecule has 0 radical (unpaired) electrons. The van der Waals surface area contributed by atoms with Crippen LogP contribution in [0.3, 0.4) is 0 Å². The number of esters is 1. The van der Waals surface area contributed by atoms with Crippen LogP contribution in [0.2, 0.25) is 5.02 Å². The molecule has 1 rings (SSSR count). The maximum Gasteiger partial charge on any atom is 0.322 e. The molecule has 0 heterocycles. The molecule has 0 spiro atoms. The van der Waals surface area contributed by atoms with E-state index in [0.717, 1.165) is 6.42 Å². The van der Waals surface area contributed by atoms with Gasteiger partial charge in [0.25, 0.3) is 0 Å². The maximum atomic E-state index is 12.6. The van der Waals surface area contributed by atoms with Gasteiger partial charge in [0.2, 0.25) is 0 Å². The topological polar surface area (TPSA) is 55.7 Å². The number of halogens is 2. The fraction of sp³-hybridized carbons (Fsp3) is 0.389. The van der Waals surface area contributed by atoms with E-state index in [-0.39, 0.29) is 11.6 Å². The largest absolute Gasteiger partial charge is 0.465 e. The molecule has 0 aliphatic carbocycles. The molecule has 130 valence electrons. The van der Waals surface area contributed by atoms with Crippen LogP contribution >= 0.6 is 23.2 Å². The Morgan fingerprint density at radius 2 is 1.88 bits per heavy atom. The average Bonchev–Trinajstić information content (AvgIpc) is 2.55. The number of ether oxygens (including phenoxy) is 1. The molecule has 0 N–H and O–H groups in total. The first-order valence-corrected chi connectivity index (χ1v) is 8.49. The molecule has 1 aromatic carbocycles. The number of hydrogen-bond donors (Lipinski definition) is 0. The van der Waals surface area contributed by atoms with Crippen LogP contribution in [0.15, 0.2) is 35.3 Å². The Bertz CT molecular complexity index is 636. The molecular formula is C18H21Cl2NO3. The van der Waals surface area contributed by atoms with E-state index in [0.29, 0.717) is 22.7 Å². The van der Waals surface area contributed by atoms with Gasteiger partial charge in [-0.25, -0.2) is 0 Å². The number of allylic oxidation sites excluding steroid dienone is 1. The smallest absolute Gasteiger partial charge is 0.322 e. The number of nitrogens with zero attached hydrogens (tertiary/aromatic N) is 1. The van der Waals surface area contributed by atoms with Crippen LogP contribution in [0.4, 0.5) is 0 Å². The fourth-order valence-electron chi connectivity index (χ4n) is 2.18. The highest BCUT2D eigenvalue weighted by atomic mass is 35.5. The summed E-state index contributed by atoms with van der Waals surface area (Å²) >= 11 is 12.0. The summed E-state index contributed by atoms with van der Waals surface area (Å²) in [6, 6.07) is 6.76. The molecule has 1 atom stereocenters. The quantitative estimate of drug-likeness (QED) is 0.292. The van der Waals surface area contributed by atoms with Crippen molar-refractivity contribution in [1.82, 2.24) is 0 Å². The van der Waals surface area contributed by atoms with Crippen LogP contribution < -0.4 is 0 Å². The SMILES string of the molecule is CCCC(=NC)C(C(=O)C=C(Cl)c1ccc(Cl)cc1)C(=O)OCC. The number of hydrogen-bond acceptors (Lipinski definition) is 4. The van der Waals surface area contributed by atoms with Gasteiger partial charge in [0, 0.05) is 23.9 Å². The molecule has 0 fully saturated rings. The van der Waals surface area contributed by atoms with Gasteiger partial charge in [-0.15, -0.1) is 0 Å². The minimum atomic E-state index is -1.06. The Hall–Kier alpha value is -1.65. The van der Waals surface area contributed by atoms with Crippen LogP contribution in [0.25, 0.3) is 5.03 Å². The molecule has 0 aromatic heterocycles. The highest BCUT2D eigenvalue weighted by Gasteiger charge is 2.31. The van der Waals surface area contributed by atoms with Crippen molar-refractivity contribution in [2.24, 2.45) is 10.9 Å². The third-order valence-corrected chi connectivity index (χ3v) is 3.90. The number of carbonyl (C=O) groups excluding carboxylic acids is 2. The Morgan fingerprint density at radius 1 is 1.25 bits per heavy atom. The normalized spacial score (nSPS) is 13.5. The Labute approximate surface area is 152 Å². The predicted octanol–water partition coefficient (Wildman–Crippen LogP) is 4.54. The number of benzene rings is 1. The number of carbonyl (C=O) groups is 2. The zero-order chi connectivity index (χ0) is 18.1. The second-order valence-corrected chi connectivity index (χ2v) is 5.90. The molecular weight excluding hydrogens is 349 g/mol. The molecule has 0 aliphatic heterocycles. The van der Waals surface area contributed by atoms with Crippen LogP contribution in [0.1, 0.15) is 32.3 Å². The first kappa shape index (κ1) is 20.4. The van der Waals surface area contributed by atoms with Crippen LogP contribution in [0, 0.1) is 5.92 Å². The predicted molar refractivity (Wildman–Crippen MR) is 98.7 cm³/mol. The molecule has 6 heteroatoms. The Balaban J connectivity index is 3.12. The third kappa shape index (κ3) is 5.77. The van der Waals surface area contributed by atoms with E-state index in [2.05, 4.69) is 4.99 Å². The molecule has 1 unspecified atom stereocenters. The second kappa shape index (κ2) is 10.3. The minimum Gasteiger partial charge on any atom is -0.465 e. The van der Waals surface area contributed by atoms with Gasteiger partial charge in [-0.05, 0) is 31.0 Å². The zero-order valence-electron chi connectivity index (χ0n) is 14.0.